The summed E-state index contributed by atoms with van der Waals surface area (Å²) in [6.07, 6.45) is 3.60. The molecule has 0 amide bonds. The molecule has 1 unspecified atom stereocenters. The number of H-pyrrole nitrogens is 1. The van der Waals surface area contributed by atoms with Gasteiger partial charge in [0.15, 0.2) is 11.5 Å². The van der Waals surface area contributed by atoms with E-state index < -0.39 is 0 Å². The highest BCUT2D eigenvalue weighted by Crippen LogP contribution is 2.20. The summed E-state index contributed by atoms with van der Waals surface area (Å²) < 4.78 is 5.21. The van der Waals surface area contributed by atoms with Crippen molar-refractivity contribution in [1.82, 2.24) is 19.9 Å². The molecule has 0 radical (unpaired) electrons. The molecule has 0 saturated heterocycles. The van der Waals surface area contributed by atoms with Gasteiger partial charge in [0.2, 0.25) is 5.95 Å². The Morgan fingerprint density at radius 2 is 2.20 bits per heavy atom. The van der Waals surface area contributed by atoms with Crippen molar-refractivity contribution in [3.8, 4) is 0 Å². The van der Waals surface area contributed by atoms with Crippen molar-refractivity contribution in [2.75, 3.05) is 30.9 Å². The first-order valence-corrected chi connectivity index (χ1v) is 6.98. The summed E-state index contributed by atoms with van der Waals surface area (Å²) in [6.45, 7) is 5.68. The van der Waals surface area contributed by atoms with Crippen molar-refractivity contribution < 1.29 is 4.74 Å². The van der Waals surface area contributed by atoms with Crippen LogP contribution in [-0.2, 0) is 4.74 Å². The van der Waals surface area contributed by atoms with E-state index >= 15 is 0 Å². The Hall–Kier alpha value is -1.89. The zero-order valence-electron chi connectivity index (χ0n) is 12.2. The van der Waals surface area contributed by atoms with Crippen LogP contribution in [0.2, 0.25) is 0 Å². The molecule has 0 fully saturated rings. The van der Waals surface area contributed by atoms with Gasteiger partial charge in [-0.15, -0.1) is 0 Å². The molecule has 3 N–H and O–H groups in total. The maximum Gasteiger partial charge on any atom is 0.226 e. The number of nitrogens with one attached hydrogen (secondary N) is 3. The second-order valence-electron chi connectivity index (χ2n) is 4.63. The lowest BCUT2D eigenvalue weighted by atomic mass is 10.2. The summed E-state index contributed by atoms with van der Waals surface area (Å²) in [7, 11) is 1.70. The van der Waals surface area contributed by atoms with Gasteiger partial charge in [-0.05, 0) is 12.8 Å². The Morgan fingerprint density at radius 1 is 1.35 bits per heavy atom. The number of anilines is 2. The van der Waals surface area contributed by atoms with Crippen LogP contribution in [0.4, 0.5) is 11.8 Å². The van der Waals surface area contributed by atoms with Gasteiger partial charge in [-0.2, -0.15) is 9.97 Å². The first-order valence-electron chi connectivity index (χ1n) is 6.98. The molecule has 7 nitrogen and oxygen atoms in total. The van der Waals surface area contributed by atoms with Gasteiger partial charge in [-0.25, -0.2) is 4.98 Å². The molecule has 2 rings (SSSR count). The van der Waals surface area contributed by atoms with E-state index in [2.05, 4.69) is 44.4 Å². The number of nitrogens with zero attached hydrogens (tertiary/aromatic N) is 3. The quantitative estimate of drug-likeness (QED) is 0.684. The van der Waals surface area contributed by atoms with Crippen LogP contribution >= 0.6 is 0 Å². The number of aromatic amines is 1. The molecule has 20 heavy (non-hydrogen) atoms. The Kier molecular flexibility index (Phi) is 5.11. The summed E-state index contributed by atoms with van der Waals surface area (Å²) in [5, 5.41) is 6.58. The van der Waals surface area contributed by atoms with Crippen LogP contribution in [0.25, 0.3) is 11.2 Å². The maximum absolute atomic E-state index is 5.21. The van der Waals surface area contributed by atoms with Crippen LogP contribution in [0, 0.1) is 0 Å². The zero-order chi connectivity index (χ0) is 14.4. The molecule has 0 aliphatic carbocycles. The zero-order valence-corrected chi connectivity index (χ0v) is 12.2. The molecule has 0 saturated carbocycles. The van der Waals surface area contributed by atoms with Crippen LogP contribution in [0.1, 0.15) is 26.7 Å². The highest BCUT2D eigenvalue weighted by molar-refractivity contribution is 5.83. The summed E-state index contributed by atoms with van der Waals surface area (Å²) in [6, 6.07) is 0.209. The molecule has 2 heterocycles. The molecule has 1 atom stereocenters. The molecule has 2 aromatic heterocycles. The second-order valence-corrected chi connectivity index (χ2v) is 4.63. The largest absolute Gasteiger partial charge is 0.383 e. The molecule has 110 valence electrons. The number of imidazole rings is 1. The molecular weight excluding hydrogens is 256 g/mol. The topological polar surface area (TPSA) is 87.8 Å². The summed E-state index contributed by atoms with van der Waals surface area (Å²) >= 11 is 0. The fourth-order valence-corrected chi connectivity index (χ4v) is 1.91. The van der Waals surface area contributed by atoms with E-state index in [0.717, 1.165) is 30.7 Å². The van der Waals surface area contributed by atoms with E-state index in [9.17, 15) is 0 Å². The average Bonchev–Trinajstić information content (AvgIpc) is 2.93. The van der Waals surface area contributed by atoms with Gasteiger partial charge < -0.3 is 20.4 Å². The highest BCUT2D eigenvalue weighted by atomic mass is 16.5. The van der Waals surface area contributed by atoms with Crippen LogP contribution in [0.15, 0.2) is 6.33 Å². The third kappa shape index (κ3) is 3.36. The van der Waals surface area contributed by atoms with E-state index in [1.165, 1.54) is 0 Å². The van der Waals surface area contributed by atoms with E-state index in [1.807, 2.05) is 0 Å². The third-order valence-corrected chi connectivity index (χ3v) is 3.02. The maximum atomic E-state index is 5.21. The van der Waals surface area contributed by atoms with Gasteiger partial charge in [-0.3, -0.25) is 0 Å². The van der Waals surface area contributed by atoms with E-state index in [0.29, 0.717) is 18.2 Å². The monoisotopic (exact) mass is 278 g/mol. The lowest BCUT2D eigenvalue weighted by molar-refractivity contribution is 0.184. The normalized spacial score (nSPS) is 12.6. The van der Waals surface area contributed by atoms with Gasteiger partial charge in [0.25, 0.3) is 0 Å². The smallest absolute Gasteiger partial charge is 0.226 e. The van der Waals surface area contributed by atoms with Crippen molar-refractivity contribution in [2.24, 2.45) is 0 Å². The second kappa shape index (κ2) is 7.04. The van der Waals surface area contributed by atoms with Gasteiger partial charge in [0, 0.05) is 13.7 Å². The highest BCUT2D eigenvalue weighted by Gasteiger charge is 2.13. The Bertz CT molecular complexity index is 541. The first-order chi connectivity index (χ1) is 9.78. The lowest BCUT2D eigenvalue weighted by Gasteiger charge is -2.17. The average molecular weight is 278 g/mol. The van der Waals surface area contributed by atoms with Gasteiger partial charge >= 0.3 is 0 Å². The standard InChI is InChI=1S/C13H22N6O/c1-4-6-14-13-18-11-10(15-8-16-11)12(19-13)17-9(5-2)7-20-3/h8-9H,4-7H2,1-3H3,(H3,14,15,16,17,18,19). The minimum atomic E-state index is 0.209. The van der Waals surface area contributed by atoms with Crippen molar-refractivity contribution >= 4 is 22.9 Å². The van der Waals surface area contributed by atoms with Crippen LogP contribution in [0.5, 0.6) is 0 Å². The third-order valence-electron chi connectivity index (χ3n) is 3.02. The van der Waals surface area contributed by atoms with E-state index in [4.69, 9.17) is 4.74 Å². The Labute approximate surface area is 118 Å². The van der Waals surface area contributed by atoms with Gasteiger partial charge in [0.1, 0.15) is 5.52 Å². The number of fused-ring (bicyclic) bond motifs is 1. The predicted molar refractivity (Wildman–Crippen MR) is 80.0 cm³/mol. The van der Waals surface area contributed by atoms with E-state index in [-0.39, 0.29) is 6.04 Å². The number of ether oxygens (including phenoxy) is 1. The van der Waals surface area contributed by atoms with Crippen molar-refractivity contribution in [3.63, 3.8) is 0 Å². The molecule has 0 bridgehead atoms. The van der Waals surface area contributed by atoms with E-state index in [1.54, 1.807) is 13.4 Å². The summed E-state index contributed by atoms with van der Waals surface area (Å²) in [5.74, 6) is 1.36. The molecule has 7 heteroatoms. The lowest BCUT2D eigenvalue weighted by Crippen LogP contribution is -2.25. The Balaban J connectivity index is 2.26. The van der Waals surface area contributed by atoms with Crippen molar-refractivity contribution in [3.05, 3.63) is 6.33 Å². The van der Waals surface area contributed by atoms with Crippen LogP contribution in [0.3, 0.4) is 0 Å². The fourth-order valence-electron chi connectivity index (χ4n) is 1.91. The Morgan fingerprint density at radius 3 is 2.90 bits per heavy atom. The van der Waals surface area contributed by atoms with Crippen molar-refractivity contribution in [1.29, 1.82) is 0 Å². The summed E-state index contributed by atoms with van der Waals surface area (Å²) in [5.41, 5.74) is 1.48. The number of aromatic nitrogens is 4. The van der Waals surface area contributed by atoms with Crippen LogP contribution < -0.4 is 10.6 Å². The number of methoxy groups -OCH3 is 1. The van der Waals surface area contributed by atoms with Gasteiger partial charge in [-0.1, -0.05) is 13.8 Å². The number of rotatable bonds is 8. The van der Waals surface area contributed by atoms with Crippen LogP contribution in [-0.4, -0.2) is 46.2 Å². The van der Waals surface area contributed by atoms with Gasteiger partial charge in [0.05, 0.1) is 19.0 Å². The SMILES string of the molecule is CCCNc1nc(NC(CC)COC)c2[nH]cnc2n1. The molecular formula is C13H22N6O. The predicted octanol–water partition coefficient (Wildman–Crippen LogP) is 2.01. The molecule has 0 aliphatic heterocycles. The van der Waals surface area contributed by atoms with Crippen molar-refractivity contribution in [2.45, 2.75) is 32.7 Å². The first kappa shape index (κ1) is 14.5. The number of hydrogen-bond acceptors (Lipinski definition) is 6. The number of hydrogen-bond donors (Lipinski definition) is 3. The fraction of sp³-hybridized carbons (Fsp3) is 0.615. The minimum Gasteiger partial charge on any atom is -0.383 e. The molecule has 0 spiro atoms. The summed E-state index contributed by atoms with van der Waals surface area (Å²) in [4.78, 5) is 16.2. The minimum absolute atomic E-state index is 0.209. The molecule has 0 aliphatic rings. The molecule has 2 aromatic rings. The molecule has 0 aromatic carbocycles.